The van der Waals surface area contributed by atoms with E-state index >= 15 is 0 Å². The van der Waals surface area contributed by atoms with Gasteiger partial charge in [-0.1, -0.05) is 6.92 Å². The van der Waals surface area contributed by atoms with Crippen molar-refractivity contribution in [3.05, 3.63) is 30.2 Å². The standard InChI is InChI=1S/C14H18N2O3/c1-4-10(3)16-12(13-7-6-8-19-13)9-11(15-16)14(17)18-5-2/h6-10H,4-5H2,1-3H3. The summed E-state index contributed by atoms with van der Waals surface area (Å²) < 4.78 is 12.2. The van der Waals surface area contributed by atoms with Crippen molar-refractivity contribution in [1.29, 1.82) is 0 Å². The molecule has 1 atom stereocenters. The average molecular weight is 262 g/mol. The number of carbonyl (C=O) groups is 1. The number of furan rings is 1. The van der Waals surface area contributed by atoms with Crippen LogP contribution in [0.25, 0.3) is 11.5 Å². The molecule has 5 nitrogen and oxygen atoms in total. The lowest BCUT2D eigenvalue weighted by atomic mass is 10.2. The zero-order valence-electron chi connectivity index (χ0n) is 11.4. The van der Waals surface area contributed by atoms with Crippen molar-refractivity contribution in [2.75, 3.05) is 6.61 Å². The van der Waals surface area contributed by atoms with Crippen molar-refractivity contribution in [3.8, 4) is 11.5 Å². The van der Waals surface area contributed by atoms with Gasteiger partial charge in [-0.2, -0.15) is 5.10 Å². The fourth-order valence-electron chi connectivity index (χ4n) is 1.82. The molecule has 0 bridgehead atoms. The first-order valence-electron chi connectivity index (χ1n) is 6.47. The highest BCUT2D eigenvalue weighted by molar-refractivity contribution is 5.88. The molecule has 0 amide bonds. The van der Waals surface area contributed by atoms with Gasteiger partial charge in [0, 0.05) is 12.1 Å². The molecule has 0 saturated carbocycles. The maximum absolute atomic E-state index is 11.8. The molecule has 0 aliphatic carbocycles. The third-order valence-corrected chi connectivity index (χ3v) is 3.00. The van der Waals surface area contributed by atoms with E-state index in [9.17, 15) is 4.79 Å². The Hall–Kier alpha value is -2.04. The predicted molar refractivity (Wildman–Crippen MR) is 70.9 cm³/mol. The molecule has 2 aromatic heterocycles. The van der Waals surface area contributed by atoms with Crippen molar-refractivity contribution >= 4 is 5.97 Å². The molecule has 5 heteroatoms. The Morgan fingerprint density at radius 3 is 2.89 bits per heavy atom. The summed E-state index contributed by atoms with van der Waals surface area (Å²) in [5, 5.41) is 4.34. The van der Waals surface area contributed by atoms with Gasteiger partial charge in [-0.15, -0.1) is 0 Å². The van der Waals surface area contributed by atoms with Crippen molar-refractivity contribution in [1.82, 2.24) is 9.78 Å². The van der Waals surface area contributed by atoms with Gasteiger partial charge < -0.3 is 9.15 Å². The Morgan fingerprint density at radius 2 is 2.32 bits per heavy atom. The molecule has 0 radical (unpaired) electrons. The molecule has 2 rings (SSSR count). The summed E-state index contributed by atoms with van der Waals surface area (Å²) in [6, 6.07) is 5.56. The van der Waals surface area contributed by atoms with Crippen LogP contribution < -0.4 is 0 Å². The molecule has 0 spiro atoms. The topological polar surface area (TPSA) is 57.3 Å². The third-order valence-electron chi connectivity index (χ3n) is 3.00. The molecule has 2 aromatic rings. The summed E-state index contributed by atoms with van der Waals surface area (Å²) in [7, 11) is 0. The van der Waals surface area contributed by atoms with Gasteiger partial charge in [0.15, 0.2) is 11.5 Å². The van der Waals surface area contributed by atoms with Gasteiger partial charge in [0.2, 0.25) is 0 Å². The SMILES string of the molecule is CCOC(=O)c1cc(-c2ccco2)n(C(C)CC)n1. The molecule has 0 fully saturated rings. The van der Waals surface area contributed by atoms with Gasteiger partial charge in [-0.25, -0.2) is 4.79 Å². The number of esters is 1. The Morgan fingerprint density at radius 1 is 1.53 bits per heavy atom. The summed E-state index contributed by atoms with van der Waals surface area (Å²) in [6.45, 7) is 6.23. The maximum atomic E-state index is 11.8. The largest absolute Gasteiger partial charge is 0.463 e. The van der Waals surface area contributed by atoms with E-state index < -0.39 is 5.97 Å². The highest BCUT2D eigenvalue weighted by Crippen LogP contribution is 2.25. The molecule has 2 heterocycles. The van der Waals surface area contributed by atoms with Crippen LogP contribution in [0, 0.1) is 0 Å². The number of ether oxygens (including phenoxy) is 1. The summed E-state index contributed by atoms with van der Waals surface area (Å²) in [6.07, 6.45) is 2.52. The zero-order valence-corrected chi connectivity index (χ0v) is 11.4. The second kappa shape index (κ2) is 5.73. The first-order chi connectivity index (χ1) is 9.17. The lowest BCUT2D eigenvalue weighted by molar-refractivity contribution is 0.0518. The van der Waals surface area contributed by atoms with Crippen LogP contribution in [0.15, 0.2) is 28.9 Å². The lowest BCUT2D eigenvalue weighted by Crippen LogP contribution is -2.10. The van der Waals surface area contributed by atoms with E-state index in [-0.39, 0.29) is 6.04 Å². The minimum absolute atomic E-state index is 0.184. The van der Waals surface area contributed by atoms with Crippen molar-refractivity contribution in [2.45, 2.75) is 33.2 Å². The van der Waals surface area contributed by atoms with E-state index in [0.29, 0.717) is 18.1 Å². The number of hydrogen-bond acceptors (Lipinski definition) is 4. The zero-order chi connectivity index (χ0) is 13.8. The molecule has 0 aliphatic heterocycles. The van der Waals surface area contributed by atoms with Gasteiger partial charge in [0.05, 0.1) is 12.9 Å². The van der Waals surface area contributed by atoms with E-state index in [1.165, 1.54) is 0 Å². The molecule has 1 unspecified atom stereocenters. The van der Waals surface area contributed by atoms with Crippen LogP contribution in [-0.4, -0.2) is 22.4 Å². The quantitative estimate of drug-likeness (QED) is 0.776. The van der Waals surface area contributed by atoms with Crippen LogP contribution in [0.4, 0.5) is 0 Å². The van der Waals surface area contributed by atoms with Gasteiger partial charge >= 0.3 is 5.97 Å². The molecule has 0 N–H and O–H groups in total. The van der Waals surface area contributed by atoms with Gasteiger partial charge in [0.25, 0.3) is 0 Å². The lowest BCUT2D eigenvalue weighted by Gasteiger charge is -2.12. The Kier molecular flexibility index (Phi) is 4.04. The minimum Gasteiger partial charge on any atom is -0.463 e. The normalized spacial score (nSPS) is 12.4. The first kappa shape index (κ1) is 13.4. The highest BCUT2D eigenvalue weighted by Gasteiger charge is 2.20. The number of aromatic nitrogens is 2. The van der Waals surface area contributed by atoms with Crippen molar-refractivity contribution in [2.24, 2.45) is 0 Å². The molecule has 19 heavy (non-hydrogen) atoms. The minimum atomic E-state index is -0.405. The van der Waals surface area contributed by atoms with Crippen LogP contribution in [0.3, 0.4) is 0 Å². The van der Waals surface area contributed by atoms with E-state index in [0.717, 1.165) is 12.1 Å². The number of hydrogen-bond donors (Lipinski definition) is 0. The first-order valence-corrected chi connectivity index (χ1v) is 6.47. The average Bonchev–Trinajstić information content (AvgIpc) is 3.06. The van der Waals surface area contributed by atoms with Crippen LogP contribution in [0.5, 0.6) is 0 Å². The fourth-order valence-corrected chi connectivity index (χ4v) is 1.82. The summed E-state index contributed by atoms with van der Waals surface area (Å²) >= 11 is 0. The van der Waals surface area contributed by atoms with Crippen LogP contribution in [0.2, 0.25) is 0 Å². The second-order valence-electron chi connectivity index (χ2n) is 4.31. The fraction of sp³-hybridized carbons (Fsp3) is 0.429. The van der Waals surface area contributed by atoms with Crippen molar-refractivity contribution < 1.29 is 13.9 Å². The van der Waals surface area contributed by atoms with E-state index in [4.69, 9.17) is 9.15 Å². The Labute approximate surface area is 112 Å². The van der Waals surface area contributed by atoms with E-state index in [1.54, 1.807) is 19.3 Å². The number of nitrogens with zero attached hydrogens (tertiary/aromatic N) is 2. The summed E-state index contributed by atoms with van der Waals surface area (Å²) in [4.78, 5) is 11.8. The molecule has 0 aromatic carbocycles. The van der Waals surface area contributed by atoms with Gasteiger partial charge in [-0.05, 0) is 32.4 Å². The van der Waals surface area contributed by atoms with Crippen LogP contribution >= 0.6 is 0 Å². The third kappa shape index (κ3) is 2.70. The maximum Gasteiger partial charge on any atom is 0.358 e. The highest BCUT2D eigenvalue weighted by atomic mass is 16.5. The molecule has 0 saturated heterocycles. The van der Waals surface area contributed by atoms with Gasteiger partial charge in [0.1, 0.15) is 5.69 Å². The Bertz CT molecular complexity index is 543. The van der Waals surface area contributed by atoms with Crippen molar-refractivity contribution in [3.63, 3.8) is 0 Å². The predicted octanol–water partition coefficient (Wildman–Crippen LogP) is 3.29. The summed E-state index contributed by atoms with van der Waals surface area (Å²) in [5.74, 6) is 0.292. The summed E-state index contributed by atoms with van der Waals surface area (Å²) in [5.41, 5.74) is 1.11. The Balaban J connectivity index is 2.43. The van der Waals surface area contributed by atoms with E-state index in [2.05, 4.69) is 12.0 Å². The smallest absolute Gasteiger partial charge is 0.358 e. The van der Waals surface area contributed by atoms with Crippen LogP contribution in [0.1, 0.15) is 43.7 Å². The molecule has 102 valence electrons. The van der Waals surface area contributed by atoms with E-state index in [1.807, 2.05) is 23.7 Å². The number of rotatable bonds is 5. The second-order valence-corrected chi connectivity index (χ2v) is 4.31. The van der Waals surface area contributed by atoms with Crippen LogP contribution in [-0.2, 0) is 4.74 Å². The van der Waals surface area contributed by atoms with Gasteiger partial charge in [-0.3, -0.25) is 4.68 Å². The number of carbonyl (C=O) groups excluding carboxylic acids is 1. The molecular formula is C14H18N2O3. The monoisotopic (exact) mass is 262 g/mol. The molecular weight excluding hydrogens is 244 g/mol. The molecule has 0 aliphatic rings.